The molecule has 0 aliphatic carbocycles. The zero-order chi connectivity index (χ0) is 20.6. The number of hydrogen-bond acceptors (Lipinski definition) is 7. The molecule has 1 N–H and O–H groups in total. The monoisotopic (exact) mass is 398 g/mol. The van der Waals surface area contributed by atoms with Crippen LogP contribution in [0.4, 0.5) is 0 Å². The molecule has 29 heavy (non-hydrogen) atoms. The molecule has 0 bridgehead atoms. The van der Waals surface area contributed by atoms with Crippen molar-refractivity contribution in [1.82, 2.24) is 0 Å². The molecule has 0 amide bonds. The minimum Gasteiger partial charge on any atom is -0.452 e. The summed E-state index contributed by atoms with van der Waals surface area (Å²) in [5.74, 6) is -1.30. The van der Waals surface area contributed by atoms with E-state index in [-0.39, 0.29) is 13.2 Å². The second-order valence-corrected chi connectivity index (χ2v) is 6.36. The molecule has 4 atom stereocenters. The van der Waals surface area contributed by atoms with E-state index in [1.165, 1.54) is 6.08 Å². The summed E-state index contributed by atoms with van der Waals surface area (Å²) in [5.41, 5.74) is 0.617. The lowest BCUT2D eigenvalue weighted by Crippen LogP contribution is -2.57. The molecule has 1 unspecified atom stereocenters. The molecule has 1 saturated heterocycles. The van der Waals surface area contributed by atoms with E-state index in [1.807, 2.05) is 0 Å². The van der Waals surface area contributed by atoms with Crippen molar-refractivity contribution < 1.29 is 33.6 Å². The molecule has 7 nitrogen and oxygen atoms in total. The zero-order valence-electron chi connectivity index (χ0n) is 15.7. The van der Waals surface area contributed by atoms with Crippen molar-refractivity contribution in [2.24, 2.45) is 0 Å². The summed E-state index contributed by atoms with van der Waals surface area (Å²) in [6.45, 7) is 3.56. The van der Waals surface area contributed by atoms with Crippen LogP contribution < -0.4 is 0 Å². The normalized spacial score (nSPS) is 23.8. The van der Waals surface area contributed by atoms with Gasteiger partial charge in [-0.3, -0.25) is 0 Å². The lowest BCUT2D eigenvalue weighted by molar-refractivity contribution is -0.265. The molecule has 0 spiro atoms. The minimum absolute atomic E-state index is 0.125. The Kier molecular flexibility index (Phi) is 7.13. The number of benzene rings is 2. The van der Waals surface area contributed by atoms with Crippen molar-refractivity contribution in [3.63, 3.8) is 0 Å². The van der Waals surface area contributed by atoms with Gasteiger partial charge in [-0.05, 0) is 24.3 Å². The third kappa shape index (κ3) is 5.29. The highest BCUT2D eigenvalue weighted by Crippen LogP contribution is 2.25. The van der Waals surface area contributed by atoms with E-state index < -0.39 is 36.5 Å². The van der Waals surface area contributed by atoms with Crippen LogP contribution in [-0.4, -0.2) is 54.9 Å². The number of rotatable bonds is 7. The van der Waals surface area contributed by atoms with Gasteiger partial charge in [0.1, 0.15) is 6.10 Å². The predicted octanol–water partition coefficient (Wildman–Crippen LogP) is 2.36. The summed E-state index contributed by atoms with van der Waals surface area (Å²) in [7, 11) is 0. The fourth-order valence-corrected chi connectivity index (χ4v) is 2.86. The summed E-state index contributed by atoms with van der Waals surface area (Å²) < 4.78 is 22.0. The second kappa shape index (κ2) is 9.97. The maximum absolute atomic E-state index is 12.6. The van der Waals surface area contributed by atoms with Crippen molar-refractivity contribution in [3.05, 3.63) is 84.4 Å². The number of hydrogen-bond donors (Lipinski definition) is 1. The van der Waals surface area contributed by atoms with Crippen LogP contribution in [0, 0.1) is 0 Å². The minimum atomic E-state index is -1.19. The molecule has 0 radical (unpaired) electrons. The fourth-order valence-electron chi connectivity index (χ4n) is 2.86. The van der Waals surface area contributed by atoms with Crippen molar-refractivity contribution in [2.45, 2.75) is 24.6 Å². The number of carbonyl (C=O) groups is 2. The Morgan fingerprint density at radius 2 is 1.48 bits per heavy atom. The van der Waals surface area contributed by atoms with Crippen LogP contribution in [0.1, 0.15) is 20.7 Å². The van der Waals surface area contributed by atoms with E-state index in [0.717, 1.165) is 0 Å². The molecule has 1 aliphatic heterocycles. The molecule has 1 aliphatic rings. The van der Waals surface area contributed by atoms with Crippen LogP contribution in [0.25, 0.3) is 0 Å². The number of carbonyl (C=O) groups excluding carboxylic acids is 2. The first-order valence-corrected chi connectivity index (χ1v) is 9.14. The molecular formula is C22H22O7. The van der Waals surface area contributed by atoms with E-state index in [9.17, 15) is 14.7 Å². The molecule has 2 aromatic rings. The first-order valence-electron chi connectivity index (χ1n) is 9.14. The van der Waals surface area contributed by atoms with Gasteiger partial charge < -0.3 is 24.1 Å². The average Bonchev–Trinajstić information content (AvgIpc) is 2.76. The molecule has 0 aromatic heterocycles. The highest BCUT2D eigenvalue weighted by atomic mass is 16.7. The Bertz CT molecular complexity index is 822. The van der Waals surface area contributed by atoms with Gasteiger partial charge in [0, 0.05) is 0 Å². The molecule has 0 saturated carbocycles. The van der Waals surface area contributed by atoms with E-state index in [4.69, 9.17) is 18.9 Å². The molecule has 2 aromatic carbocycles. The number of ether oxygens (including phenoxy) is 4. The molecule has 1 heterocycles. The summed E-state index contributed by atoms with van der Waals surface area (Å²) >= 11 is 0. The van der Waals surface area contributed by atoms with Crippen LogP contribution in [0.15, 0.2) is 73.3 Å². The van der Waals surface area contributed by atoms with Crippen LogP contribution in [0.3, 0.4) is 0 Å². The first-order chi connectivity index (χ1) is 14.1. The predicted molar refractivity (Wildman–Crippen MR) is 103 cm³/mol. The Morgan fingerprint density at radius 1 is 0.966 bits per heavy atom. The summed E-state index contributed by atoms with van der Waals surface area (Å²) in [5, 5.41) is 10.4. The number of aliphatic hydroxyl groups is 1. The smallest absolute Gasteiger partial charge is 0.338 e. The summed E-state index contributed by atoms with van der Waals surface area (Å²) in [6.07, 6.45) is -3.05. The first kappa shape index (κ1) is 20.7. The number of esters is 2. The van der Waals surface area contributed by atoms with Crippen molar-refractivity contribution >= 4 is 11.9 Å². The van der Waals surface area contributed by atoms with Crippen molar-refractivity contribution in [2.75, 3.05) is 13.2 Å². The number of aliphatic hydroxyl groups excluding tert-OH is 1. The Balaban J connectivity index is 1.81. The van der Waals surface area contributed by atoms with Gasteiger partial charge in [-0.2, -0.15) is 0 Å². The van der Waals surface area contributed by atoms with Gasteiger partial charge >= 0.3 is 11.9 Å². The van der Waals surface area contributed by atoms with Crippen LogP contribution in [0.5, 0.6) is 0 Å². The maximum Gasteiger partial charge on any atom is 0.338 e. The highest BCUT2D eigenvalue weighted by molar-refractivity contribution is 5.90. The third-order valence-electron chi connectivity index (χ3n) is 4.29. The van der Waals surface area contributed by atoms with Gasteiger partial charge in [-0.15, -0.1) is 6.58 Å². The standard InChI is InChI=1S/C22H22O7/c1-2-13-26-22-19(29-21(25)16-11-7-4-8-12-16)18(17(23)14-27-22)28-20(24)15-9-5-3-6-10-15/h2-12,17-19,22-23H,1,13-14H2/t17-,18-,19+,22?/m1/s1. The van der Waals surface area contributed by atoms with Gasteiger partial charge in [0.05, 0.1) is 24.3 Å². The van der Waals surface area contributed by atoms with E-state index >= 15 is 0 Å². The van der Waals surface area contributed by atoms with E-state index in [1.54, 1.807) is 60.7 Å². The summed E-state index contributed by atoms with van der Waals surface area (Å²) in [6, 6.07) is 16.7. The Labute approximate surface area is 168 Å². The Morgan fingerprint density at radius 3 is 2.00 bits per heavy atom. The molecule has 152 valence electrons. The van der Waals surface area contributed by atoms with E-state index in [2.05, 4.69) is 6.58 Å². The van der Waals surface area contributed by atoms with Gasteiger partial charge in [0.15, 0.2) is 18.5 Å². The van der Waals surface area contributed by atoms with Gasteiger partial charge in [0.2, 0.25) is 0 Å². The van der Waals surface area contributed by atoms with E-state index in [0.29, 0.717) is 11.1 Å². The summed E-state index contributed by atoms with van der Waals surface area (Å²) in [4.78, 5) is 25.1. The largest absolute Gasteiger partial charge is 0.452 e. The fraction of sp³-hybridized carbons (Fsp3) is 0.273. The average molecular weight is 398 g/mol. The molecule has 3 rings (SSSR count). The topological polar surface area (TPSA) is 91.3 Å². The van der Waals surface area contributed by atoms with Crippen molar-refractivity contribution in [3.8, 4) is 0 Å². The van der Waals surface area contributed by atoms with Crippen LogP contribution >= 0.6 is 0 Å². The third-order valence-corrected chi connectivity index (χ3v) is 4.29. The lowest BCUT2D eigenvalue weighted by atomic mass is 10.0. The van der Waals surface area contributed by atoms with Gasteiger partial charge in [-0.25, -0.2) is 9.59 Å². The van der Waals surface area contributed by atoms with Crippen LogP contribution in [0.2, 0.25) is 0 Å². The maximum atomic E-state index is 12.6. The molecular weight excluding hydrogens is 376 g/mol. The van der Waals surface area contributed by atoms with Crippen LogP contribution in [-0.2, 0) is 18.9 Å². The lowest BCUT2D eigenvalue weighted by Gasteiger charge is -2.39. The zero-order valence-corrected chi connectivity index (χ0v) is 15.7. The quantitative estimate of drug-likeness (QED) is 0.565. The Hall–Kier alpha value is -3.00. The van der Waals surface area contributed by atoms with Gasteiger partial charge in [-0.1, -0.05) is 42.5 Å². The van der Waals surface area contributed by atoms with Crippen molar-refractivity contribution in [1.29, 1.82) is 0 Å². The second-order valence-electron chi connectivity index (χ2n) is 6.36. The highest BCUT2D eigenvalue weighted by Gasteiger charge is 2.46. The molecule has 7 heteroatoms. The van der Waals surface area contributed by atoms with Gasteiger partial charge in [0.25, 0.3) is 0 Å². The SMILES string of the molecule is C=CCOC1OC[C@@H](O)[C@@H](OC(=O)c2ccccc2)[C@@H]1OC(=O)c1ccccc1. The molecule has 1 fully saturated rings.